The normalized spacial score (nSPS) is 12.2. The number of pyridine rings is 1. The molecule has 0 radical (unpaired) electrons. The summed E-state index contributed by atoms with van der Waals surface area (Å²) in [6.07, 6.45) is 0. The minimum atomic E-state index is 0.140. The van der Waals surface area contributed by atoms with Crippen molar-refractivity contribution in [2.45, 2.75) is 26.8 Å². The van der Waals surface area contributed by atoms with Gasteiger partial charge < -0.3 is 11.1 Å². The van der Waals surface area contributed by atoms with Gasteiger partial charge in [-0.1, -0.05) is 13.8 Å². The Morgan fingerprint density at radius 1 is 1.50 bits per heavy atom. The Balaban J connectivity index is 2.95. The molecule has 86 valence electrons. The predicted molar refractivity (Wildman–Crippen MR) is 65.0 cm³/mol. The zero-order valence-electron chi connectivity index (χ0n) is 9.99. The highest BCUT2D eigenvalue weighted by molar-refractivity contribution is 5.52. The van der Waals surface area contributed by atoms with Crippen molar-refractivity contribution in [1.29, 1.82) is 5.26 Å². The molecule has 0 spiro atoms. The summed E-state index contributed by atoms with van der Waals surface area (Å²) >= 11 is 0. The minimum absolute atomic E-state index is 0.140. The summed E-state index contributed by atoms with van der Waals surface area (Å²) in [5.74, 6) is 1.03. The highest BCUT2D eigenvalue weighted by Crippen LogP contribution is 2.15. The quantitative estimate of drug-likeness (QED) is 0.806. The first-order valence-electron chi connectivity index (χ1n) is 5.42. The number of nitrogens with one attached hydrogen (secondary N) is 1. The summed E-state index contributed by atoms with van der Waals surface area (Å²) < 4.78 is 0. The van der Waals surface area contributed by atoms with E-state index >= 15 is 0 Å². The van der Waals surface area contributed by atoms with E-state index in [0.29, 0.717) is 23.8 Å². The van der Waals surface area contributed by atoms with Crippen molar-refractivity contribution in [3.63, 3.8) is 0 Å². The zero-order chi connectivity index (χ0) is 12.1. The van der Waals surface area contributed by atoms with Crippen LogP contribution in [0.3, 0.4) is 0 Å². The zero-order valence-corrected chi connectivity index (χ0v) is 9.99. The van der Waals surface area contributed by atoms with Crippen LogP contribution in [-0.4, -0.2) is 17.6 Å². The standard InChI is InChI=1S/C12H18N4/c1-8(2)11(7-14)16-12-10(6-13)5-4-9(3)15-12/h4-5,8,11H,7,14H2,1-3H3,(H,15,16). The monoisotopic (exact) mass is 218 g/mol. The second-order valence-electron chi connectivity index (χ2n) is 4.19. The van der Waals surface area contributed by atoms with Gasteiger partial charge in [-0.2, -0.15) is 5.26 Å². The molecular weight excluding hydrogens is 200 g/mol. The maximum atomic E-state index is 8.97. The molecule has 0 fully saturated rings. The Labute approximate surface area is 96.5 Å². The van der Waals surface area contributed by atoms with Gasteiger partial charge in [-0.3, -0.25) is 0 Å². The molecule has 3 N–H and O–H groups in total. The van der Waals surface area contributed by atoms with Gasteiger partial charge >= 0.3 is 0 Å². The van der Waals surface area contributed by atoms with E-state index in [4.69, 9.17) is 11.0 Å². The van der Waals surface area contributed by atoms with E-state index in [0.717, 1.165) is 5.69 Å². The van der Waals surface area contributed by atoms with Gasteiger partial charge in [-0.05, 0) is 25.0 Å². The number of aromatic nitrogens is 1. The van der Waals surface area contributed by atoms with E-state index < -0.39 is 0 Å². The molecule has 4 nitrogen and oxygen atoms in total. The highest BCUT2D eigenvalue weighted by atomic mass is 15.0. The fourth-order valence-electron chi connectivity index (χ4n) is 1.43. The van der Waals surface area contributed by atoms with Crippen molar-refractivity contribution in [3.8, 4) is 6.07 Å². The molecule has 0 saturated carbocycles. The lowest BCUT2D eigenvalue weighted by atomic mass is 10.0. The topological polar surface area (TPSA) is 74.7 Å². The predicted octanol–water partition coefficient (Wildman–Crippen LogP) is 1.66. The molecule has 1 rings (SSSR count). The molecule has 0 aliphatic heterocycles. The molecule has 1 heterocycles. The lowest BCUT2D eigenvalue weighted by molar-refractivity contribution is 0.530. The lowest BCUT2D eigenvalue weighted by Gasteiger charge is -2.21. The van der Waals surface area contributed by atoms with Crippen LogP contribution < -0.4 is 11.1 Å². The molecule has 0 amide bonds. The Hall–Kier alpha value is -1.60. The molecule has 0 bridgehead atoms. The minimum Gasteiger partial charge on any atom is -0.365 e. The van der Waals surface area contributed by atoms with E-state index in [1.165, 1.54) is 0 Å². The molecule has 1 atom stereocenters. The largest absolute Gasteiger partial charge is 0.365 e. The van der Waals surface area contributed by atoms with Crippen LogP contribution in [0.4, 0.5) is 5.82 Å². The lowest BCUT2D eigenvalue weighted by Crippen LogP contribution is -2.34. The van der Waals surface area contributed by atoms with Gasteiger partial charge in [0.1, 0.15) is 11.9 Å². The fourth-order valence-corrected chi connectivity index (χ4v) is 1.43. The molecular formula is C12H18N4. The van der Waals surface area contributed by atoms with Crippen molar-refractivity contribution >= 4 is 5.82 Å². The summed E-state index contributed by atoms with van der Waals surface area (Å²) in [5, 5.41) is 12.2. The number of nitriles is 1. The maximum absolute atomic E-state index is 8.97. The average molecular weight is 218 g/mol. The first kappa shape index (κ1) is 12.5. The Morgan fingerprint density at radius 2 is 2.19 bits per heavy atom. The van der Waals surface area contributed by atoms with Crippen molar-refractivity contribution in [2.75, 3.05) is 11.9 Å². The summed E-state index contributed by atoms with van der Waals surface area (Å²) in [6, 6.07) is 5.87. The number of hydrogen-bond donors (Lipinski definition) is 2. The summed E-state index contributed by atoms with van der Waals surface area (Å²) in [4.78, 5) is 4.32. The van der Waals surface area contributed by atoms with Gasteiger partial charge in [0.25, 0.3) is 0 Å². The van der Waals surface area contributed by atoms with Gasteiger partial charge in [0, 0.05) is 18.3 Å². The second kappa shape index (κ2) is 5.47. The number of nitrogens with zero attached hydrogens (tertiary/aromatic N) is 2. The number of aryl methyl sites for hydroxylation is 1. The van der Waals surface area contributed by atoms with Crippen molar-refractivity contribution < 1.29 is 0 Å². The van der Waals surface area contributed by atoms with Crippen LogP contribution in [0.2, 0.25) is 0 Å². The molecule has 0 aliphatic rings. The second-order valence-corrected chi connectivity index (χ2v) is 4.19. The molecule has 16 heavy (non-hydrogen) atoms. The number of anilines is 1. The van der Waals surface area contributed by atoms with Crippen LogP contribution in [0.5, 0.6) is 0 Å². The first-order chi connectivity index (χ1) is 7.58. The van der Waals surface area contributed by atoms with E-state index in [1.807, 2.05) is 13.0 Å². The smallest absolute Gasteiger partial charge is 0.144 e. The Kier molecular flexibility index (Phi) is 4.27. The third-order valence-corrected chi connectivity index (χ3v) is 2.54. The van der Waals surface area contributed by atoms with E-state index in [9.17, 15) is 0 Å². The summed E-state index contributed by atoms with van der Waals surface area (Å²) in [5.41, 5.74) is 7.13. The third kappa shape index (κ3) is 2.94. The molecule has 0 aromatic carbocycles. The molecule has 1 aromatic rings. The first-order valence-corrected chi connectivity index (χ1v) is 5.42. The van der Waals surface area contributed by atoms with E-state index in [-0.39, 0.29) is 6.04 Å². The van der Waals surface area contributed by atoms with Gasteiger partial charge in [-0.15, -0.1) is 0 Å². The van der Waals surface area contributed by atoms with E-state index in [2.05, 4.69) is 30.2 Å². The highest BCUT2D eigenvalue weighted by Gasteiger charge is 2.13. The Bertz CT molecular complexity index is 392. The average Bonchev–Trinajstić information content (AvgIpc) is 2.25. The fraction of sp³-hybridized carbons (Fsp3) is 0.500. The van der Waals surface area contributed by atoms with Crippen LogP contribution in [0.15, 0.2) is 12.1 Å². The number of nitrogens with two attached hydrogens (primary N) is 1. The third-order valence-electron chi connectivity index (χ3n) is 2.54. The van der Waals surface area contributed by atoms with Gasteiger partial charge in [-0.25, -0.2) is 4.98 Å². The molecule has 1 unspecified atom stereocenters. The maximum Gasteiger partial charge on any atom is 0.144 e. The van der Waals surface area contributed by atoms with Crippen LogP contribution in [0.25, 0.3) is 0 Å². The van der Waals surface area contributed by atoms with Gasteiger partial charge in [0.2, 0.25) is 0 Å². The van der Waals surface area contributed by atoms with Gasteiger partial charge in [0.05, 0.1) is 5.56 Å². The number of hydrogen-bond acceptors (Lipinski definition) is 4. The summed E-state index contributed by atoms with van der Waals surface area (Å²) in [6.45, 7) is 6.61. The summed E-state index contributed by atoms with van der Waals surface area (Å²) in [7, 11) is 0. The SMILES string of the molecule is Cc1ccc(C#N)c(NC(CN)C(C)C)n1. The Morgan fingerprint density at radius 3 is 2.69 bits per heavy atom. The van der Waals surface area contributed by atoms with Crippen LogP contribution in [0, 0.1) is 24.2 Å². The molecule has 0 saturated heterocycles. The van der Waals surface area contributed by atoms with Gasteiger partial charge in [0.15, 0.2) is 0 Å². The van der Waals surface area contributed by atoms with Crippen LogP contribution in [0.1, 0.15) is 25.1 Å². The van der Waals surface area contributed by atoms with Crippen LogP contribution >= 0.6 is 0 Å². The molecule has 4 heteroatoms. The molecule has 1 aromatic heterocycles. The number of rotatable bonds is 4. The molecule has 0 aliphatic carbocycles. The van der Waals surface area contributed by atoms with E-state index in [1.54, 1.807) is 6.07 Å². The van der Waals surface area contributed by atoms with Crippen molar-refractivity contribution in [3.05, 3.63) is 23.4 Å². The van der Waals surface area contributed by atoms with Crippen molar-refractivity contribution in [1.82, 2.24) is 4.98 Å². The van der Waals surface area contributed by atoms with Crippen LogP contribution in [-0.2, 0) is 0 Å². The van der Waals surface area contributed by atoms with Crippen molar-refractivity contribution in [2.24, 2.45) is 11.7 Å².